The average Bonchev–Trinajstić information content (AvgIpc) is 2.78. The Balaban J connectivity index is 1.85. The number of aryl methyl sites for hydroxylation is 1. The van der Waals surface area contributed by atoms with Gasteiger partial charge in [0.15, 0.2) is 0 Å². The first kappa shape index (κ1) is 16.2. The molecule has 0 bridgehead atoms. The molecule has 2 aromatic heterocycles. The first-order valence-corrected chi connectivity index (χ1v) is 7.99. The summed E-state index contributed by atoms with van der Waals surface area (Å²) in [6, 6.07) is 2.26. The predicted octanol–water partition coefficient (Wildman–Crippen LogP) is 3.27. The number of carbonyl (C=O) groups is 1. The highest BCUT2D eigenvalue weighted by atomic mass is 32.1. The Bertz CT molecular complexity index is 766. The number of thiophene rings is 1. The fraction of sp³-hybridized carbons (Fsp3) is 0.467. The molecule has 0 radical (unpaired) electrons. The molecule has 0 saturated heterocycles. The molecule has 0 unspecified atom stereocenters. The normalized spacial score (nSPS) is 17.1. The van der Waals surface area contributed by atoms with Gasteiger partial charge in [-0.05, 0) is 43.9 Å². The van der Waals surface area contributed by atoms with E-state index in [9.17, 15) is 23.1 Å². The number of alkyl halides is 3. The van der Waals surface area contributed by atoms with E-state index in [1.807, 2.05) is 0 Å². The van der Waals surface area contributed by atoms with Gasteiger partial charge in [0.1, 0.15) is 10.5 Å². The quantitative estimate of drug-likeness (QED) is 0.898. The second-order valence-corrected chi connectivity index (χ2v) is 6.86. The Hall–Kier alpha value is -1.67. The highest BCUT2D eigenvalue weighted by Gasteiger charge is 2.35. The lowest BCUT2D eigenvalue weighted by atomic mass is 9.80. The third-order valence-corrected chi connectivity index (χ3v) is 5.36. The van der Waals surface area contributed by atoms with E-state index in [4.69, 9.17) is 0 Å². The van der Waals surface area contributed by atoms with E-state index in [1.54, 1.807) is 6.92 Å². The number of halogens is 3. The summed E-state index contributed by atoms with van der Waals surface area (Å²) in [5.74, 6) is -0.389. The van der Waals surface area contributed by atoms with Crippen molar-refractivity contribution in [1.82, 2.24) is 10.3 Å². The summed E-state index contributed by atoms with van der Waals surface area (Å²) < 4.78 is 38.1. The van der Waals surface area contributed by atoms with E-state index in [-0.39, 0.29) is 17.3 Å². The molecule has 0 aliphatic heterocycles. The number of amides is 1. The number of fused-ring (bicyclic) bond motifs is 1. The number of aliphatic hydroxyl groups is 1. The standard InChI is InChI=1S/C15H15F3N2O2S/c1-8-9-3-4-10(15(16,17)18)20-13(9)23-11(8)12(21)19-7-14(22)5-2-6-14/h3-4,22H,2,5-7H2,1H3,(H,19,21). The molecule has 1 amide bonds. The van der Waals surface area contributed by atoms with Crippen molar-refractivity contribution < 1.29 is 23.1 Å². The van der Waals surface area contributed by atoms with Gasteiger partial charge in [-0.15, -0.1) is 11.3 Å². The fourth-order valence-corrected chi connectivity index (χ4v) is 3.66. The Labute approximate surface area is 134 Å². The molecular formula is C15H15F3N2O2S. The van der Waals surface area contributed by atoms with E-state index >= 15 is 0 Å². The van der Waals surface area contributed by atoms with Crippen molar-refractivity contribution in [3.8, 4) is 0 Å². The number of rotatable bonds is 3. The molecule has 2 aromatic rings. The van der Waals surface area contributed by atoms with Gasteiger partial charge in [0.25, 0.3) is 5.91 Å². The van der Waals surface area contributed by atoms with Crippen molar-refractivity contribution in [3.05, 3.63) is 28.3 Å². The lowest BCUT2D eigenvalue weighted by Crippen LogP contribution is -2.47. The van der Waals surface area contributed by atoms with Crippen LogP contribution in [0.4, 0.5) is 13.2 Å². The van der Waals surface area contributed by atoms with Crippen molar-refractivity contribution in [2.75, 3.05) is 6.54 Å². The van der Waals surface area contributed by atoms with Gasteiger partial charge in [-0.2, -0.15) is 13.2 Å². The van der Waals surface area contributed by atoms with Crippen molar-refractivity contribution in [2.24, 2.45) is 0 Å². The molecule has 2 N–H and O–H groups in total. The number of carbonyl (C=O) groups excluding carboxylic acids is 1. The maximum absolute atomic E-state index is 12.7. The maximum atomic E-state index is 12.7. The third kappa shape index (κ3) is 3.05. The van der Waals surface area contributed by atoms with Gasteiger partial charge in [-0.1, -0.05) is 0 Å². The highest BCUT2D eigenvalue weighted by molar-refractivity contribution is 7.20. The monoisotopic (exact) mass is 344 g/mol. The van der Waals surface area contributed by atoms with Gasteiger partial charge >= 0.3 is 6.18 Å². The van der Waals surface area contributed by atoms with Crippen LogP contribution >= 0.6 is 11.3 Å². The van der Waals surface area contributed by atoms with Crippen LogP contribution in [0.15, 0.2) is 12.1 Å². The maximum Gasteiger partial charge on any atom is 0.433 e. The summed E-state index contributed by atoms with van der Waals surface area (Å²) in [7, 11) is 0. The Morgan fingerprint density at radius 2 is 2.13 bits per heavy atom. The fourth-order valence-electron chi connectivity index (χ4n) is 2.56. The highest BCUT2D eigenvalue weighted by Crippen LogP contribution is 2.34. The lowest BCUT2D eigenvalue weighted by Gasteiger charge is -2.36. The van der Waals surface area contributed by atoms with Crippen LogP contribution in [0.3, 0.4) is 0 Å². The van der Waals surface area contributed by atoms with Gasteiger partial charge in [0, 0.05) is 11.9 Å². The number of hydrogen-bond acceptors (Lipinski definition) is 4. The van der Waals surface area contributed by atoms with Crippen LogP contribution in [0.5, 0.6) is 0 Å². The van der Waals surface area contributed by atoms with E-state index in [0.717, 1.165) is 23.8 Å². The zero-order chi connectivity index (χ0) is 16.8. The number of nitrogens with one attached hydrogen (secondary N) is 1. The molecule has 3 rings (SSSR count). The Morgan fingerprint density at radius 1 is 1.43 bits per heavy atom. The minimum absolute atomic E-state index is 0.154. The van der Waals surface area contributed by atoms with Crippen LogP contribution in [0, 0.1) is 6.92 Å². The summed E-state index contributed by atoms with van der Waals surface area (Å²) >= 11 is 0.934. The summed E-state index contributed by atoms with van der Waals surface area (Å²) in [5, 5.41) is 13.2. The van der Waals surface area contributed by atoms with Gasteiger partial charge in [-0.25, -0.2) is 4.98 Å². The van der Waals surface area contributed by atoms with E-state index in [1.165, 1.54) is 6.07 Å². The minimum Gasteiger partial charge on any atom is -0.388 e. The summed E-state index contributed by atoms with van der Waals surface area (Å²) in [6.07, 6.45) is -2.29. The molecule has 1 aliphatic carbocycles. The average molecular weight is 344 g/mol. The van der Waals surface area contributed by atoms with E-state index in [2.05, 4.69) is 10.3 Å². The van der Waals surface area contributed by atoms with Gasteiger partial charge in [0.05, 0.1) is 10.5 Å². The topological polar surface area (TPSA) is 62.2 Å². The van der Waals surface area contributed by atoms with E-state index < -0.39 is 17.5 Å². The minimum atomic E-state index is -4.51. The number of pyridine rings is 1. The lowest BCUT2D eigenvalue weighted by molar-refractivity contribution is -0.140. The van der Waals surface area contributed by atoms with Crippen molar-refractivity contribution in [1.29, 1.82) is 0 Å². The van der Waals surface area contributed by atoms with Crippen LogP contribution in [0.2, 0.25) is 0 Å². The summed E-state index contributed by atoms with van der Waals surface area (Å²) in [5.41, 5.74) is -1.21. The zero-order valence-corrected chi connectivity index (χ0v) is 13.1. The van der Waals surface area contributed by atoms with Crippen LogP contribution in [-0.4, -0.2) is 28.1 Å². The molecule has 0 aromatic carbocycles. The molecule has 1 fully saturated rings. The summed E-state index contributed by atoms with van der Waals surface area (Å²) in [4.78, 5) is 16.4. The SMILES string of the molecule is Cc1c(C(=O)NCC2(O)CCC2)sc2nc(C(F)(F)F)ccc12. The first-order valence-electron chi connectivity index (χ1n) is 7.18. The molecule has 8 heteroatoms. The predicted molar refractivity (Wildman–Crippen MR) is 80.5 cm³/mol. The van der Waals surface area contributed by atoms with Crippen LogP contribution in [0.25, 0.3) is 10.2 Å². The Kier molecular flexibility index (Phi) is 3.84. The van der Waals surface area contributed by atoms with Crippen molar-refractivity contribution >= 4 is 27.5 Å². The Morgan fingerprint density at radius 3 is 2.70 bits per heavy atom. The number of hydrogen-bond donors (Lipinski definition) is 2. The second-order valence-electron chi connectivity index (χ2n) is 5.86. The molecule has 23 heavy (non-hydrogen) atoms. The largest absolute Gasteiger partial charge is 0.433 e. The number of nitrogens with zero attached hydrogens (tertiary/aromatic N) is 1. The second kappa shape index (κ2) is 5.45. The molecular weight excluding hydrogens is 329 g/mol. The van der Waals surface area contributed by atoms with Crippen LogP contribution in [0.1, 0.15) is 40.2 Å². The first-order chi connectivity index (χ1) is 10.7. The van der Waals surface area contributed by atoms with Gasteiger partial charge in [0.2, 0.25) is 0 Å². The van der Waals surface area contributed by atoms with E-state index in [0.29, 0.717) is 28.7 Å². The molecule has 1 saturated carbocycles. The molecule has 124 valence electrons. The number of aromatic nitrogens is 1. The smallest absolute Gasteiger partial charge is 0.388 e. The van der Waals surface area contributed by atoms with Gasteiger partial charge in [-0.3, -0.25) is 4.79 Å². The summed E-state index contributed by atoms with van der Waals surface area (Å²) in [6.45, 7) is 1.83. The molecule has 0 atom stereocenters. The molecule has 0 spiro atoms. The van der Waals surface area contributed by atoms with Crippen molar-refractivity contribution in [2.45, 2.75) is 38.0 Å². The third-order valence-electron chi connectivity index (χ3n) is 4.16. The van der Waals surface area contributed by atoms with Crippen LogP contribution < -0.4 is 5.32 Å². The molecule has 4 nitrogen and oxygen atoms in total. The molecule has 2 heterocycles. The van der Waals surface area contributed by atoms with Gasteiger partial charge < -0.3 is 10.4 Å². The molecule has 1 aliphatic rings. The van der Waals surface area contributed by atoms with Crippen LogP contribution in [-0.2, 0) is 6.18 Å². The zero-order valence-electron chi connectivity index (χ0n) is 12.3. The van der Waals surface area contributed by atoms with Crippen molar-refractivity contribution in [3.63, 3.8) is 0 Å².